The average molecular weight is 213 g/mol. The van der Waals surface area contributed by atoms with E-state index in [2.05, 4.69) is 60.5 Å². The van der Waals surface area contributed by atoms with Crippen LogP contribution in [0.5, 0.6) is 0 Å². The van der Waals surface area contributed by atoms with Crippen LogP contribution in [0.1, 0.15) is 54.4 Å². The first kappa shape index (κ1) is 15.0. The molecule has 0 aromatic carbocycles. The smallest absolute Gasteiger partial charge is 0.00634 e. The first-order valence-corrected chi connectivity index (χ1v) is 6.30. The fourth-order valence-electron chi connectivity index (χ4n) is 2.15. The Labute approximate surface area is 97.2 Å². The van der Waals surface area contributed by atoms with Crippen molar-refractivity contribution in [1.29, 1.82) is 0 Å². The minimum absolute atomic E-state index is 0.467. The van der Waals surface area contributed by atoms with Crippen LogP contribution in [0.2, 0.25) is 0 Å². The molecular formula is C14H31N. The molecule has 0 radical (unpaired) electrons. The number of hydrogen-bond acceptors (Lipinski definition) is 1. The number of nitrogens with zero attached hydrogens (tertiary/aromatic N) is 1. The van der Waals surface area contributed by atoms with Crippen LogP contribution in [0.3, 0.4) is 0 Å². The molecule has 92 valence electrons. The Bertz CT molecular complexity index is 167. The Morgan fingerprint density at radius 2 is 1.40 bits per heavy atom. The molecule has 0 bridgehead atoms. The Morgan fingerprint density at radius 3 is 1.73 bits per heavy atom. The van der Waals surface area contributed by atoms with Gasteiger partial charge in [0.05, 0.1) is 0 Å². The first-order valence-electron chi connectivity index (χ1n) is 6.30. The molecule has 0 N–H and O–H groups in total. The van der Waals surface area contributed by atoms with E-state index in [-0.39, 0.29) is 0 Å². The lowest BCUT2D eigenvalue weighted by atomic mass is 9.78. The highest BCUT2D eigenvalue weighted by Gasteiger charge is 2.21. The Hall–Kier alpha value is -0.0400. The van der Waals surface area contributed by atoms with Crippen molar-refractivity contribution < 1.29 is 0 Å². The van der Waals surface area contributed by atoms with Gasteiger partial charge in [-0.15, -0.1) is 0 Å². The molecule has 15 heavy (non-hydrogen) atoms. The predicted octanol–water partition coefficient (Wildman–Crippen LogP) is 4.04. The second-order valence-corrected chi connectivity index (χ2v) is 6.77. The van der Waals surface area contributed by atoms with Crippen molar-refractivity contribution in [3.8, 4) is 0 Å². The summed E-state index contributed by atoms with van der Waals surface area (Å²) in [6, 6.07) is 0.697. The van der Waals surface area contributed by atoms with Crippen LogP contribution in [0.25, 0.3) is 0 Å². The maximum Gasteiger partial charge on any atom is 0.00634 e. The summed E-state index contributed by atoms with van der Waals surface area (Å²) in [6.07, 6.45) is 2.64. The molecule has 0 aromatic rings. The van der Waals surface area contributed by atoms with E-state index in [9.17, 15) is 0 Å². The highest BCUT2D eigenvalue weighted by atomic mass is 15.1. The third-order valence-corrected chi connectivity index (χ3v) is 3.50. The molecule has 0 saturated carbocycles. The topological polar surface area (TPSA) is 3.24 Å². The first-order chi connectivity index (χ1) is 6.63. The van der Waals surface area contributed by atoms with E-state index >= 15 is 0 Å². The van der Waals surface area contributed by atoms with E-state index < -0.39 is 0 Å². The normalized spacial score (nSPS) is 19.0. The van der Waals surface area contributed by atoms with Gasteiger partial charge >= 0.3 is 0 Å². The van der Waals surface area contributed by atoms with Crippen molar-refractivity contribution >= 4 is 0 Å². The maximum atomic E-state index is 2.40. The molecule has 1 nitrogen and oxygen atoms in total. The second-order valence-electron chi connectivity index (χ2n) is 6.77. The standard InChI is InChI=1S/C14H31N/c1-11(9-13(3)15(7)8)12(2)10-14(4,5)6/h11-13H,9-10H2,1-8H3. The van der Waals surface area contributed by atoms with Gasteiger partial charge in [0.2, 0.25) is 0 Å². The van der Waals surface area contributed by atoms with Gasteiger partial charge in [-0.25, -0.2) is 0 Å². The monoisotopic (exact) mass is 213 g/mol. The SMILES string of the molecule is CC(CC(C)N(C)C)C(C)CC(C)(C)C. The van der Waals surface area contributed by atoms with Crippen LogP contribution < -0.4 is 0 Å². The van der Waals surface area contributed by atoms with Gasteiger partial charge in [0.1, 0.15) is 0 Å². The van der Waals surface area contributed by atoms with Crippen LogP contribution in [-0.4, -0.2) is 25.0 Å². The van der Waals surface area contributed by atoms with Gasteiger partial charge in [0.15, 0.2) is 0 Å². The summed E-state index contributed by atoms with van der Waals surface area (Å²) in [7, 11) is 4.34. The second kappa shape index (κ2) is 5.89. The molecular weight excluding hydrogens is 182 g/mol. The molecule has 1 heteroatoms. The molecule has 0 saturated heterocycles. The van der Waals surface area contributed by atoms with E-state index in [4.69, 9.17) is 0 Å². The number of hydrogen-bond donors (Lipinski definition) is 0. The Kier molecular flexibility index (Phi) is 5.87. The lowest BCUT2D eigenvalue weighted by Gasteiger charge is -2.30. The minimum Gasteiger partial charge on any atom is -0.307 e. The molecule has 0 amide bonds. The molecule has 0 spiro atoms. The van der Waals surface area contributed by atoms with Gasteiger partial charge in [0.25, 0.3) is 0 Å². The highest BCUT2D eigenvalue weighted by molar-refractivity contribution is 4.73. The summed E-state index contributed by atoms with van der Waals surface area (Å²) >= 11 is 0. The van der Waals surface area contributed by atoms with Crippen LogP contribution >= 0.6 is 0 Å². The van der Waals surface area contributed by atoms with Gasteiger partial charge in [0, 0.05) is 6.04 Å². The van der Waals surface area contributed by atoms with E-state index in [1.165, 1.54) is 12.8 Å². The Balaban J connectivity index is 4.04. The van der Waals surface area contributed by atoms with Crippen molar-refractivity contribution in [2.45, 2.75) is 60.4 Å². The largest absolute Gasteiger partial charge is 0.307 e. The average Bonchev–Trinajstić information content (AvgIpc) is 2.00. The predicted molar refractivity (Wildman–Crippen MR) is 70.2 cm³/mol. The molecule has 0 heterocycles. The summed E-state index contributed by atoms with van der Waals surface area (Å²) in [5.41, 5.74) is 0.467. The summed E-state index contributed by atoms with van der Waals surface area (Å²) in [6.45, 7) is 14.1. The molecule has 0 aliphatic rings. The van der Waals surface area contributed by atoms with Crippen molar-refractivity contribution in [3.05, 3.63) is 0 Å². The molecule has 0 aromatic heterocycles. The zero-order valence-corrected chi connectivity index (χ0v) is 12.1. The van der Waals surface area contributed by atoms with Gasteiger partial charge < -0.3 is 4.90 Å². The maximum absolute atomic E-state index is 2.40. The lowest BCUT2D eigenvalue weighted by molar-refractivity contribution is 0.197. The third kappa shape index (κ3) is 6.94. The van der Waals surface area contributed by atoms with Gasteiger partial charge in [-0.3, -0.25) is 0 Å². The van der Waals surface area contributed by atoms with E-state index in [0.29, 0.717) is 11.5 Å². The van der Waals surface area contributed by atoms with Gasteiger partial charge in [-0.1, -0.05) is 34.6 Å². The molecule has 3 unspecified atom stereocenters. The van der Waals surface area contributed by atoms with Crippen molar-refractivity contribution in [2.75, 3.05) is 14.1 Å². The van der Waals surface area contributed by atoms with Crippen molar-refractivity contribution in [2.24, 2.45) is 17.3 Å². The van der Waals surface area contributed by atoms with E-state index in [0.717, 1.165) is 11.8 Å². The van der Waals surface area contributed by atoms with E-state index in [1.807, 2.05) is 0 Å². The number of rotatable bonds is 5. The zero-order valence-electron chi connectivity index (χ0n) is 12.1. The molecule has 0 aliphatic heterocycles. The Morgan fingerprint density at radius 1 is 0.933 bits per heavy atom. The summed E-state index contributed by atoms with van der Waals surface area (Å²) in [5, 5.41) is 0. The highest BCUT2D eigenvalue weighted by Crippen LogP contribution is 2.30. The molecule has 0 aliphatic carbocycles. The summed E-state index contributed by atoms with van der Waals surface area (Å²) < 4.78 is 0. The fraction of sp³-hybridized carbons (Fsp3) is 1.00. The lowest BCUT2D eigenvalue weighted by Crippen LogP contribution is -2.29. The van der Waals surface area contributed by atoms with E-state index in [1.54, 1.807) is 0 Å². The summed E-state index contributed by atoms with van der Waals surface area (Å²) in [4.78, 5) is 2.32. The zero-order chi connectivity index (χ0) is 12.2. The van der Waals surface area contributed by atoms with Crippen LogP contribution in [0.15, 0.2) is 0 Å². The third-order valence-electron chi connectivity index (χ3n) is 3.50. The van der Waals surface area contributed by atoms with Gasteiger partial charge in [-0.05, 0) is 51.1 Å². The molecule has 0 rings (SSSR count). The van der Waals surface area contributed by atoms with Crippen LogP contribution in [0.4, 0.5) is 0 Å². The van der Waals surface area contributed by atoms with Crippen molar-refractivity contribution in [3.63, 3.8) is 0 Å². The quantitative estimate of drug-likeness (QED) is 0.666. The summed E-state index contributed by atoms with van der Waals surface area (Å²) in [5.74, 6) is 1.65. The van der Waals surface area contributed by atoms with Crippen LogP contribution in [0, 0.1) is 17.3 Å². The van der Waals surface area contributed by atoms with Crippen LogP contribution in [-0.2, 0) is 0 Å². The minimum atomic E-state index is 0.467. The fourth-order valence-corrected chi connectivity index (χ4v) is 2.15. The van der Waals surface area contributed by atoms with Crippen molar-refractivity contribution in [1.82, 2.24) is 4.90 Å². The molecule has 0 fully saturated rings. The van der Waals surface area contributed by atoms with Gasteiger partial charge in [-0.2, -0.15) is 0 Å². The molecule has 3 atom stereocenters.